The van der Waals surface area contributed by atoms with E-state index in [1.54, 1.807) is 12.1 Å². The second-order valence-corrected chi connectivity index (χ2v) is 21.5. The molecule has 0 bridgehead atoms. The van der Waals surface area contributed by atoms with Gasteiger partial charge in [0.15, 0.2) is 67.9 Å². The predicted molar refractivity (Wildman–Crippen MR) is 302 cm³/mol. The van der Waals surface area contributed by atoms with Gasteiger partial charge in [-0.05, 0) is 24.3 Å². The largest absolute Gasteiger partial charge is 0.463 e. The molecule has 2 aromatic carbocycles. The molecule has 4 fully saturated rings. The van der Waals surface area contributed by atoms with Crippen LogP contribution >= 0.6 is 0 Å². The highest BCUT2D eigenvalue weighted by atomic mass is 16.8. The zero-order valence-corrected chi connectivity index (χ0v) is 52.8. The highest BCUT2D eigenvalue weighted by molar-refractivity contribution is 5.90. The van der Waals surface area contributed by atoms with E-state index in [1.807, 2.05) is 0 Å². The number of hydrogen-bond donors (Lipinski definition) is 3. The Labute approximate surface area is 536 Å². The molecular weight excluding hydrogens is 1260 g/mol. The van der Waals surface area contributed by atoms with Crippen molar-refractivity contribution in [3.8, 4) is 0 Å². The van der Waals surface area contributed by atoms with Crippen molar-refractivity contribution >= 4 is 77.5 Å². The number of benzene rings is 2. The van der Waals surface area contributed by atoms with Crippen LogP contribution in [0.1, 0.15) is 96.9 Å². The number of aliphatic hydroxyl groups is 1. The molecule has 0 aliphatic carbocycles. The SMILES string of the molecule is CC(=O)N[C@H]1[C@H](O[C@H]2[C@H](OC(=O)c3ccccc3)[C@@H](OC(=O)c3ccccc3)[C@H](O)O[C@@H]2COC(C)=O)O[C@H](COC(C)=O)[C@H](OC(C)=O)[C@@H]1O[C@@H]1O[C@H](COC(C)=O)[C@@H](O[C@@H]2O[C@H](COC(C)=O)[C@H](OC(C)=O)[C@H](OC(C)=O)[C@H]2OC(C)=O)[C@H](OC(C)=O)[C@H]1NC(C)=O. The Hall–Kier alpha value is -8.77. The van der Waals surface area contributed by atoms with E-state index in [-0.39, 0.29) is 11.1 Å². The maximum Gasteiger partial charge on any atom is 0.338 e. The second-order valence-electron chi connectivity index (χ2n) is 21.5. The number of amides is 2. The van der Waals surface area contributed by atoms with Crippen molar-refractivity contribution in [2.75, 3.05) is 26.4 Å². The van der Waals surface area contributed by atoms with Crippen molar-refractivity contribution in [1.82, 2.24) is 10.6 Å². The lowest BCUT2D eigenvalue weighted by atomic mass is 9.93. The minimum atomic E-state index is -2.19. The molecule has 516 valence electrons. The molecule has 0 saturated carbocycles. The van der Waals surface area contributed by atoms with Crippen molar-refractivity contribution in [2.45, 2.75) is 199 Å². The average molecular weight is 1340 g/mol. The van der Waals surface area contributed by atoms with Gasteiger partial charge in [-0.1, -0.05) is 36.4 Å². The summed E-state index contributed by atoms with van der Waals surface area (Å²) in [5.74, 6) is -13.0. The van der Waals surface area contributed by atoms with Crippen molar-refractivity contribution in [3.05, 3.63) is 71.8 Å². The third-order valence-corrected chi connectivity index (χ3v) is 13.9. The lowest BCUT2D eigenvalue weighted by molar-refractivity contribution is -0.368. The Kier molecular flexibility index (Phi) is 27.2. The number of nitrogens with one attached hydrogen (secondary N) is 2. The molecule has 2 amide bonds. The van der Waals surface area contributed by atoms with Crippen molar-refractivity contribution < 1.29 is 153 Å². The Bertz CT molecular complexity index is 3040. The maximum atomic E-state index is 14.2. The van der Waals surface area contributed by atoms with Crippen molar-refractivity contribution in [3.63, 3.8) is 0 Å². The average Bonchev–Trinajstić information content (AvgIpc) is 0.769. The Balaban J connectivity index is 1.55. The lowest BCUT2D eigenvalue weighted by Crippen LogP contribution is -2.72. The summed E-state index contributed by atoms with van der Waals surface area (Å²) in [6.07, 6.45) is -34.9. The zero-order valence-electron chi connectivity index (χ0n) is 52.8. The molecule has 34 nitrogen and oxygen atoms in total. The predicted octanol–water partition coefficient (Wildman–Crippen LogP) is -0.595. The van der Waals surface area contributed by atoms with Gasteiger partial charge in [-0.25, -0.2) is 9.59 Å². The minimum absolute atomic E-state index is 0.0550. The van der Waals surface area contributed by atoms with Crippen LogP contribution in [0, 0.1) is 0 Å². The monoisotopic (exact) mass is 1330 g/mol. The zero-order chi connectivity index (χ0) is 69.2. The molecule has 34 heteroatoms. The summed E-state index contributed by atoms with van der Waals surface area (Å²) in [7, 11) is 0. The van der Waals surface area contributed by atoms with Crippen molar-refractivity contribution in [2.24, 2.45) is 0 Å². The van der Waals surface area contributed by atoms with Gasteiger partial charge in [-0.3, -0.25) is 52.7 Å². The first-order chi connectivity index (χ1) is 44.4. The quantitative estimate of drug-likeness (QED) is 0.0826. The van der Waals surface area contributed by atoms with E-state index in [4.69, 9.17) is 85.3 Å². The molecule has 2 aromatic rings. The summed E-state index contributed by atoms with van der Waals surface area (Å²) in [6.45, 7) is 7.48. The molecule has 4 heterocycles. The van der Waals surface area contributed by atoms with Gasteiger partial charge < -0.3 is 101 Å². The van der Waals surface area contributed by atoms with Crippen LogP contribution in [0.25, 0.3) is 0 Å². The third-order valence-electron chi connectivity index (χ3n) is 13.9. The van der Waals surface area contributed by atoms with E-state index >= 15 is 0 Å². The second kappa shape index (κ2) is 34.4. The molecule has 4 aliphatic heterocycles. The molecule has 94 heavy (non-hydrogen) atoms. The third kappa shape index (κ3) is 21.1. The van der Waals surface area contributed by atoms with Crippen LogP contribution < -0.4 is 10.6 Å². The summed E-state index contributed by atoms with van der Waals surface area (Å²) in [5, 5.41) is 16.9. The topological polar surface area (TPSA) is 432 Å². The fraction of sp³-hybridized carbons (Fsp3) is 0.583. The number of esters is 11. The normalized spacial score (nSPS) is 30.4. The summed E-state index contributed by atoms with van der Waals surface area (Å²) in [5.41, 5.74) is -0.136. The number of ether oxygens (including phenoxy) is 18. The highest BCUT2D eigenvalue weighted by Gasteiger charge is 2.61. The van der Waals surface area contributed by atoms with Crippen LogP contribution in [0.5, 0.6) is 0 Å². The van der Waals surface area contributed by atoms with Gasteiger partial charge in [0.25, 0.3) is 0 Å². The smallest absolute Gasteiger partial charge is 0.338 e. The van der Waals surface area contributed by atoms with Crippen LogP contribution in [-0.2, 0) is 138 Å². The van der Waals surface area contributed by atoms with Gasteiger partial charge in [0.05, 0.1) is 11.1 Å². The molecule has 4 saturated heterocycles. The van der Waals surface area contributed by atoms with Crippen molar-refractivity contribution in [1.29, 1.82) is 0 Å². The summed E-state index contributed by atoms with van der Waals surface area (Å²) >= 11 is 0. The molecule has 0 spiro atoms. The van der Waals surface area contributed by atoms with Crippen LogP contribution in [0.4, 0.5) is 0 Å². The highest BCUT2D eigenvalue weighted by Crippen LogP contribution is 2.39. The van der Waals surface area contributed by atoms with E-state index in [2.05, 4.69) is 10.6 Å². The van der Waals surface area contributed by atoms with Gasteiger partial charge in [0, 0.05) is 76.2 Å². The maximum absolute atomic E-state index is 14.2. The van der Waals surface area contributed by atoms with E-state index < -0.39 is 227 Å². The lowest BCUT2D eigenvalue weighted by Gasteiger charge is -2.52. The number of hydrogen-bond acceptors (Lipinski definition) is 32. The fourth-order valence-corrected chi connectivity index (χ4v) is 10.4. The summed E-state index contributed by atoms with van der Waals surface area (Å²) in [6, 6.07) is 10.8. The first-order valence-electron chi connectivity index (χ1n) is 29.1. The molecule has 20 atom stereocenters. The summed E-state index contributed by atoms with van der Waals surface area (Å²) in [4.78, 5) is 171. The van der Waals surface area contributed by atoms with Gasteiger partial charge in [-0.15, -0.1) is 0 Å². The van der Waals surface area contributed by atoms with Crippen LogP contribution in [-0.4, -0.2) is 232 Å². The van der Waals surface area contributed by atoms with Gasteiger partial charge in [0.2, 0.25) is 11.8 Å². The Morgan fingerprint density at radius 2 is 0.628 bits per heavy atom. The molecule has 0 unspecified atom stereocenters. The first-order valence-corrected chi connectivity index (χ1v) is 29.1. The molecule has 4 aliphatic rings. The molecule has 0 aromatic heterocycles. The van der Waals surface area contributed by atoms with Crippen LogP contribution in [0.3, 0.4) is 0 Å². The van der Waals surface area contributed by atoms with Crippen LogP contribution in [0.15, 0.2) is 60.7 Å². The Morgan fingerprint density at radius 1 is 0.330 bits per heavy atom. The standard InChI is InChI=1S/C60H74N2O32/c1-26(63)61-43-49(83-34(9)71)46(93-60-54(85-36(11)73)52(84-35(10)72)47(82-33(8)70)42(89-60)25-80-31(6)68)41(24-79-30(5)67)88-59(43)94-50-44(62-27(2)64)58(87-40(23-78-29(4)66)45(50)81-32(7)69)92-48-39(22-77-28(3)65)86-57(76)53(91-56(75)38-20-16-13-17-21-38)51(48)90-55(74)37-18-14-12-15-19-37/h12-21,39-54,57-60,76H,22-25H2,1-11H3,(H,61,63)(H,62,64)/t39-,40-,41-,42-,43-,44-,45+,46-,47+,48-,49-,50-,51+,52+,53-,54-,57-,58+,59+,60+/m1/s1. The summed E-state index contributed by atoms with van der Waals surface area (Å²) < 4.78 is 107. The van der Waals surface area contributed by atoms with E-state index in [1.165, 1.54) is 48.5 Å². The number of rotatable bonds is 25. The van der Waals surface area contributed by atoms with Crippen LogP contribution in [0.2, 0.25) is 0 Å². The molecule has 0 radical (unpaired) electrons. The molecular formula is C60H74N2O32. The number of carbonyl (C=O) groups is 13. The van der Waals surface area contributed by atoms with Gasteiger partial charge in [-0.2, -0.15) is 0 Å². The molecule has 3 N–H and O–H groups in total. The Morgan fingerprint density at radius 3 is 1.03 bits per heavy atom. The number of aliphatic hydroxyl groups excluding tert-OH is 1. The molecule has 6 rings (SSSR count). The van der Waals surface area contributed by atoms with E-state index in [9.17, 15) is 67.4 Å². The fourth-order valence-electron chi connectivity index (χ4n) is 10.4. The minimum Gasteiger partial charge on any atom is -0.463 e. The van der Waals surface area contributed by atoms with Gasteiger partial charge in [0.1, 0.15) is 81.2 Å². The van der Waals surface area contributed by atoms with E-state index in [0.29, 0.717) is 0 Å². The number of carbonyl (C=O) groups excluding carboxylic acids is 13. The van der Waals surface area contributed by atoms with E-state index in [0.717, 1.165) is 76.2 Å². The first kappa shape index (κ1) is 74.3. The van der Waals surface area contributed by atoms with Gasteiger partial charge >= 0.3 is 65.7 Å².